The van der Waals surface area contributed by atoms with E-state index in [2.05, 4.69) is 21.2 Å². The molecule has 1 N–H and O–H groups in total. The smallest absolute Gasteiger partial charge is 0.264 e. The highest BCUT2D eigenvalue weighted by Gasteiger charge is 2.32. The fourth-order valence-electron chi connectivity index (χ4n) is 3.76. The molecule has 0 saturated carbocycles. The van der Waals surface area contributed by atoms with Crippen LogP contribution in [0.4, 0.5) is 5.69 Å². The Morgan fingerprint density at radius 3 is 2.29 bits per heavy atom. The van der Waals surface area contributed by atoms with Crippen LogP contribution in [0.1, 0.15) is 32.8 Å². The summed E-state index contributed by atoms with van der Waals surface area (Å²) >= 11 is 9.63. The first kappa shape index (κ1) is 29.7. The second kappa shape index (κ2) is 13.3. The number of amides is 2. The predicted octanol–water partition coefficient (Wildman–Crippen LogP) is 5.63. The molecule has 3 aromatic carbocycles. The molecule has 2 amide bonds. The average Bonchev–Trinajstić information content (AvgIpc) is 2.90. The molecule has 202 valence electrons. The zero-order chi connectivity index (χ0) is 27.9. The van der Waals surface area contributed by atoms with Gasteiger partial charge in [0.25, 0.3) is 10.0 Å². The molecule has 0 unspecified atom stereocenters. The van der Waals surface area contributed by atoms with Gasteiger partial charge in [0, 0.05) is 22.1 Å². The Morgan fingerprint density at radius 2 is 1.66 bits per heavy atom. The van der Waals surface area contributed by atoms with E-state index >= 15 is 0 Å². The molecule has 0 aromatic heterocycles. The van der Waals surface area contributed by atoms with Crippen molar-refractivity contribution < 1.29 is 18.0 Å². The third-order valence-electron chi connectivity index (χ3n) is 6.12. The molecule has 38 heavy (non-hydrogen) atoms. The number of nitrogens with one attached hydrogen (secondary N) is 1. The van der Waals surface area contributed by atoms with Gasteiger partial charge < -0.3 is 10.2 Å². The number of anilines is 1. The SMILES string of the molecule is CC[C@H](C)NC(=O)[C@@H](C)N(Cc1cccc(Br)c1)C(=O)CN(c1cccc(Cl)c1)S(=O)(=O)c1ccccc1. The summed E-state index contributed by atoms with van der Waals surface area (Å²) in [6.45, 7) is 5.08. The van der Waals surface area contributed by atoms with Gasteiger partial charge in [0.05, 0.1) is 10.6 Å². The summed E-state index contributed by atoms with van der Waals surface area (Å²) in [4.78, 5) is 28.4. The molecule has 0 aliphatic rings. The van der Waals surface area contributed by atoms with Gasteiger partial charge in [-0.1, -0.05) is 70.9 Å². The van der Waals surface area contributed by atoms with E-state index in [1.165, 1.54) is 23.1 Å². The van der Waals surface area contributed by atoms with E-state index in [0.717, 1.165) is 20.8 Å². The molecule has 7 nitrogen and oxygen atoms in total. The highest BCUT2D eigenvalue weighted by atomic mass is 79.9. The molecule has 0 saturated heterocycles. The van der Waals surface area contributed by atoms with Crippen molar-refractivity contribution in [2.24, 2.45) is 0 Å². The third-order valence-corrected chi connectivity index (χ3v) is 8.63. The maximum absolute atomic E-state index is 13.9. The van der Waals surface area contributed by atoms with Crippen molar-refractivity contribution >= 4 is 55.1 Å². The molecule has 3 rings (SSSR count). The van der Waals surface area contributed by atoms with E-state index in [4.69, 9.17) is 11.6 Å². The van der Waals surface area contributed by atoms with Crippen molar-refractivity contribution in [1.29, 1.82) is 0 Å². The van der Waals surface area contributed by atoms with Gasteiger partial charge in [-0.25, -0.2) is 8.42 Å². The van der Waals surface area contributed by atoms with Crippen LogP contribution in [0.2, 0.25) is 5.02 Å². The number of nitrogens with zero attached hydrogens (tertiary/aromatic N) is 2. The fraction of sp³-hybridized carbons (Fsp3) is 0.286. The van der Waals surface area contributed by atoms with Gasteiger partial charge in [-0.3, -0.25) is 13.9 Å². The standard InChI is InChI=1S/C28H31BrClN3O4S/c1-4-20(2)31-28(35)21(3)32(18-22-10-8-11-23(29)16-22)27(34)19-33(25-13-9-12-24(30)17-25)38(36,37)26-14-6-5-7-15-26/h5-17,20-21H,4,18-19H2,1-3H3,(H,31,35)/t20-,21+/m0/s1. The second-order valence-corrected chi connectivity index (χ2v) is 12.2. The largest absolute Gasteiger partial charge is 0.352 e. The van der Waals surface area contributed by atoms with Crippen LogP contribution in [0.25, 0.3) is 0 Å². The fourth-order valence-corrected chi connectivity index (χ4v) is 5.82. The zero-order valence-corrected chi connectivity index (χ0v) is 24.6. The zero-order valence-electron chi connectivity index (χ0n) is 21.5. The number of carbonyl (C=O) groups excluding carboxylic acids is 2. The molecule has 2 atom stereocenters. The Bertz CT molecular complexity index is 1370. The van der Waals surface area contributed by atoms with Crippen molar-refractivity contribution in [2.75, 3.05) is 10.8 Å². The second-order valence-electron chi connectivity index (χ2n) is 8.95. The number of hydrogen-bond acceptors (Lipinski definition) is 4. The molecule has 0 spiro atoms. The van der Waals surface area contributed by atoms with E-state index in [1.807, 2.05) is 38.1 Å². The van der Waals surface area contributed by atoms with Crippen molar-refractivity contribution in [3.8, 4) is 0 Å². The normalized spacial score (nSPS) is 12.9. The van der Waals surface area contributed by atoms with Crippen molar-refractivity contribution in [1.82, 2.24) is 10.2 Å². The Balaban J connectivity index is 2.02. The highest BCUT2D eigenvalue weighted by Crippen LogP contribution is 2.27. The van der Waals surface area contributed by atoms with Crippen LogP contribution in [0, 0.1) is 0 Å². The summed E-state index contributed by atoms with van der Waals surface area (Å²) in [6, 6.07) is 20.7. The van der Waals surface area contributed by atoms with E-state index in [9.17, 15) is 18.0 Å². The molecular weight excluding hydrogens is 590 g/mol. The topological polar surface area (TPSA) is 86.8 Å². The first-order chi connectivity index (χ1) is 18.0. The monoisotopic (exact) mass is 619 g/mol. The van der Waals surface area contributed by atoms with Crippen molar-refractivity contribution in [3.05, 3.63) is 93.9 Å². The van der Waals surface area contributed by atoms with Crippen LogP contribution < -0.4 is 9.62 Å². The van der Waals surface area contributed by atoms with Crippen molar-refractivity contribution in [3.63, 3.8) is 0 Å². The molecule has 0 heterocycles. The number of hydrogen-bond donors (Lipinski definition) is 1. The molecule has 0 bridgehead atoms. The van der Waals surface area contributed by atoms with Crippen LogP contribution in [-0.2, 0) is 26.2 Å². The van der Waals surface area contributed by atoms with Gasteiger partial charge in [0.15, 0.2) is 0 Å². The van der Waals surface area contributed by atoms with Crippen molar-refractivity contribution in [2.45, 2.75) is 50.7 Å². The van der Waals surface area contributed by atoms with Crippen LogP contribution in [0.15, 0.2) is 88.2 Å². The summed E-state index contributed by atoms with van der Waals surface area (Å²) < 4.78 is 29.3. The Labute approximate surface area is 238 Å². The third kappa shape index (κ3) is 7.58. The molecule has 0 fully saturated rings. The van der Waals surface area contributed by atoms with E-state index in [1.54, 1.807) is 43.3 Å². The first-order valence-corrected chi connectivity index (χ1v) is 14.8. The van der Waals surface area contributed by atoms with Gasteiger partial charge >= 0.3 is 0 Å². The van der Waals surface area contributed by atoms with Gasteiger partial charge in [0.2, 0.25) is 11.8 Å². The van der Waals surface area contributed by atoms with Gasteiger partial charge in [-0.05, 0) is 68.3 Å². The maximum Gasteiger partial charge on any atom is 0.264 e. The minimum atomic E-state index is -4.13. The lowest BCUT2D eigenvalue weighted by Gasteiger charge is -2.32. The minimum Gasteiger partial charge on any atom is -0.352 e. The lowest BCUT2D eigenvalue weighted by Crippen LogP contribution is -2.52. The van der Waals surface area contributed by atoms with Crippen LogP contribution >= 0.6 is 27.5 Å². The Morgan fingerprint density at radius 1 is 0.974 bits per heavy atom. The summed E-state index contributed by atoms with van der Waals surface area (Å²) in [5.41, 5.74) is 1.03. The van der Waals surface area contributed by atoms with Crippen LogP contribution in [0.5, 0.6) is 0 Å². The van der Waals surface area contributed by atoms with Gasteiger partial charge in [-0.2, -0.15) is 0 Å². The maximum atomic E-state index is 13.9. The quantitative estimate of drug-likeness (QED) is 0.301. The first-order valence-electron chi connectivity index (χ1n) is 12.2. The predicted molar refractivity (Wildman–Crippen MR) is 154 cm³/mol. The molecule has 3 aromatic rings. The summed E-state index contributed by atoms with van der Waals surface area (Å²) in [6.07, 6.45) is 0.732. The number of sulfonamides is 1. The molecular formula is C28H31BrClN3O4S. The van der Waals surface area contributed by atoms with E-state index in [-0.39, 0.29) is 29.1 Å². The van der Waals surface area contributed by atoms with Gasteiger partial charge in [-0.15, -0.1) is 0 Å². The Hall–Kier alpha value is -2.88. The van der Waals surface area contributed by atoms with Crippen LogP contribution in [-0.4, -0.2) is 43.8 Å². The minimum absolute atomic E-state index is 0.0360. The number of halogens is 2. The summed E-state index contributed by atoms with van der Waals surface area (Å²) in [7, 11) is -4.13. The average molecular weight is 621 g/mol. The van der Waals surface area contributed by atoms with E-state index in [0.29, 0.717) is 5.02 Å². The molecule has 10 heteroatoms. The van der Waals surface area contributed by atoms with E-state index < -0.39 is 28.5 Å². The number of benzene rings is 3. The summed E-state index contributed by atoms with van der Waals surface area (Å²) in [5, 5.41) is 3.25. The lowest BCUT2D eigenvalue weighted by molar-refractivity contribution is -0.139. The number of carbonyl (C=O) groups is 2. The molecule has 0 aliphatic carbocycles. The van der Waals surface area contributed by atoms with Gasteiger partial charge in [0.1, 0.15) is 12.6 Å². The van der Waals surface area contributed by atoms with Crippen LogP contribution in [0.3, 0.4) is 0 Å². The molecule has 0 radical (unpaired) electrons. The Kier molecular flexibility index (Phi) is 10.4. The molecule has 0 aliphatic heterocycles. The number of rotatable bonds is 11. The lowest BCUT2D eigenvalue weighted by atomic mass is 10.1. The highest BCUT2D eigenvalue weighted by molar-refractivity contribution is 9.10. The summed E-state index contributed by atoms with van der Waals surface area (Å²) in [5.74, 6) is -0.848.